The molecule has 1 aliphatic rings. The number of aryl methyl sites for hydroxylation is 2. The van der Waals surface area contributed by atoms with Gasteiger partial charge in [0.05, 0.1) is 19.9 Å². The van der Waals surface area contributed by atoms with Crippen LogP contribution in [0.25, 0.3) is 11.8 Å². The van der Waals surface area contributed by atoms with Crippen molar-refractivity contribution >= 4 is 6.08 Å². The lowest BCUT2D eigenvalue weighted by Crippen LogP contribution is -2.48. The normalized spacial score (nSPS) is 15.5. The first-order valence-electron chi connectivity index (χ1n) is 13.3. The van der Waals surface area contributed by atoms with Crippen molar-refractivity contribution < 1.29 is 9.47 Å². The Bertz CT molecular complexity index is 1390. The highest BCUT2D eigenvalue weighted by Gasteiger charge is 2.34. The lowest BCUT2D eigenvalue weighted by Gasteiger charge is -2.39. The van der Waals surface area contributed by atoms with Crippen LogP contribution in [0.5, 0.6) is 11.5 Å². The number of nitrogens with zero attached hydrogens (tertiary/aromatic N) is 6. The molecule has 4 aromatic rings. The number of aromatic nitrogens is 4. The molecule has 0 bridgehead atoms. The van der Waals surface area contributed by atoms with Crippen LogP contribution in [0.1, 0.15) is 34.1 Å². The molecule has 8 nitrogen and oxygen atoms in total. The fraction of sp³-hybridized carbons (Fsp3) is 0.323. The standard InChI is InChI=1S/C31H36N6O2/c1-23-11-8-12-24(2)28(23)37-31(32-33-34-37)29(26-16-9-17-27(38-3)30(26)39-4)36-21-19-35(20-22-36)18-10-15-25-13-6-5-7-14-25/h5-17,29H,18-22H2,1-4H3/b15-10+. The molecule has 39 heavy (non-hydrogen) atoms. The highest BCUT2D eigenvalue weighted by atomic mass is 16.5. The Balaban J connectivity index is 1.46. The van der Waals surface area contributed by atoms with E-state index in [0.717, 1.165) is 60.9 Å². The van der Waals surface area contributed by atoms with Crippen molar-refractivity contribution in [2.75, 3.05) is 46.9 Å². The predicted molar refractivity (Wildman–Crippen MR) is 154 cm³/mol. The monoisotopic (exact) mass is 524 g/mol. The molecule has 2 heterocycles. The van der Waals surface area contributed by atoms with Crippen LogP contribution in [-0.4, -0.2) is 77.0 Å². The Morgan fingerprint density at radius 3 is 2.26 bits per heavy atom. The van der Waals surface area contributed by atoms with Gasteiger partial charge in [0, 0.05) is 38.3 Å². The van der Waals surface area contributed by atoms with Crippen LogP contribution in [0.2, 0.25) is 0 Å². The minimum atomic E-state index is -0.217. The van der Waals surface area contributed by atoms with Gasteiger partial charge in [-0.2, -0.15) is 4.68 Å². The number of methoxy groups -OCH3 is 2. The number of benzene rings is 3. The zero-order valence-corrected chi connectivity index (χ0v) is 23.1. The second-order valence-corrected chi connectivity index (χ2v) is 9.82. The fourth-order valence-electron chi connectivity index (χ4n) is 5.40. The van der Waals surface area contributed by atoms with Gasteiger partial charge < -0.3 is 9.47 Å². The average Bonchev–Trinajstić information content (AvgIpc) is 3.43. The minimum Gasteiger partial charge on any atom is -0.493 e. The zero-order chi connectivity index (χ0) is 27.2. The second kappa shape index (κ2) is 12.2. The molecule has 202 valence electrons. The molecular formula is C31H36N6O2. The topological polar surface area (TPSA) is 68.5 Å². The highest BCUT2D eigenvalue weighted by Crippen LogP contribution is 2.40. The summed E-state index contributed by atoms with van der Waals surface area (Å²) in [6.45, 7) is 8.71. The molecule has 0 saturated carbocycles. The van der Waals surface area contributed by atoms with Crippen LogP contribution in [0.4, 0.5) is 0 Å². The third kappa shape index (κ3) is 5.72. The molecule has 1 atom stereocenters. The van der Waals surface area contributed by atoms with Gasteiger partial charge in [-0.25, -0.2) is 0 Å². The van der Waals surface area contributed by atoms with Crippen LogP contribution in [0, 0.1) is 13.8 Å². The van der Waals surface area contributed by atoms with Gasteiger partial charge in [-0.05, 0) is 47.0 Å². The Hall–Kier alpha value is -4.01. The average molecular weight is 525 g/mol. The van der Waals surface area contributed by atoms with E-state index in [9.17, 15) is 0 Å². The van der Waals surface area contributed by atoms with Gasteiger partial charge in [-0.1, -0.05) is 72.8 Å². The number of para-hydroxylation sites is 2. The van der Waals surface area contributed by atoms with E-state index >= 15 is 0 Å². The highest BCUT2D eigenvalue weighted by molar-refractivity contribution is 5.52. The van der Waals surface area contributed by atoms with Crippen LogP contribution in [-0.2, 0) is 0 Å². The molecular weight excluding hydrogens is 488 g/mol. The quantitative estimate of drug-likeness (QED) is 0.314. The summed E-state index contributed by atoms with van der Waals surface area (Å²) in [7, 11) is 3.35. The zero-order valence-electron chi connectivity index (χ0n) is 23.1. The second-order valence-electron chi connectivity index (χ2n) is 9.82. The third-order valence-electron chi connectivity index (χ3n) is 7.36. The SMILES string of the molecule is COc1cccc(C(c2nnnn2-c2c(C)cccc2C)N2CCN(C/C=C/c3ccccc3)CC2)c1OC. The third-order valence-corrected chi connectivity index (χ3v) is 7.36. The van der Waals surface area contributed by atoms with E-state index in [0.29, 0.717) is 11.5 Å². The van der Waals surface area contributed by atoms with E-state index in [1.807, 2.05) is 22.9 Å². The fourth-order valence-corrected chi connectivity index (χ4v) is 5.40. The lowest BCUT2D eigenvalue weighted by atomic mass is 10.0. The molecule has 1 fully saturated rings. The summed E-state index contributed by atoms with van der Waals surface area (Å²) < 4.78 is 13.5. The predicted octanol–water partition coefficient (Wildman–Crippen LogP) is 4.72. The van der Waals surface area contributed by atoms with Crippen molar-refractivity contribution in [1.29, 1.82) is 0 Å². The largest absolute Gasteiger partial charge is 0.493 e. The van der Waals surface area contributed by atoms with Gasteiger partial charge >= 0.3 is 0 Å². The smallest absolute Gasteiger partial charge is 0.178 e. The lowest BCUT2D eigenvalue weighted by molar-refractivity contribution is 0.112. The van der Waals surface area contributed by atoms with Crippen molar-refractivity contribution in [2.45, 2.75) is 19.9 Å². The molecule has 8 heteroatoms. The van der Waals surface area contributed by atoms with Crippen molar-refractivity contribution in [2.24, 2.45) is 0 Å². The molecule has 1 unspecified atom stereocenters. The Morgan fingerprint density at radius 1 is 0.846 bits per heavy atom. The maximum atomic E-state index is 5.90. The summed E-state index contributed by atoms with van der Waals surface area (Å²) in [5, 5.41) is 13.2. The number of tetrazole rings is 1. The number of hydrogen-bond acceptors (Lipinski definition) is 7. The summed E-state index contributed by atoms with van der Waals surface area (Å²) in [4.78, 5) is 4.93. The molecule has 1 aromatic heterocycles. The van der Waals surface area contributed by atoms with E-state index in [2.05, 4.69) is 99.9 Å². The molecule has 1 saturated heterocycles. The van der Waals surface area contributed by atoms with E-state index < -0.39 is 0 Å². The molecule has 3 aromatic carbocycles. The van der Waals surface area contributed by atoms with E-state index in [1.54, 1.807) is 14.2 Å². The van der Waals surface area contributed by atoms with Gasteiger partial charge in [0.15, 0.2) is 17.3 Å². The first-order valence-corrected chi connectivity index (χ1v) is 13.3. The van der Waals surface area contributed by atoms with Gasteiger partial charge in [-0.15, -0.1) is 5.10 Å². The van der Waals surface area contributed by atoms with Gasteiger partial charge in [-0.3, -0.25) is 9.80 Å². The maximum Gasteiger partial charge on any atom is 0.178 e. The summed E-state index contributed by atoms with van der Waals surface area (Å²) in [5.74, 6) is 2.15. The van der Waals surface area contributed by atoms with Crippen molar-refractivity contribution in [1.82, 2.24) is 30.0 Å². The van der Waals surface area contributed by atoms with E-state index in [-0.39, 0.29) is 6.04 Å². The van der Waals surface area contributed by atoms with E-state index in [1.165, 1.54) is 5.56 Å². The Morgan fingerprint density at radius 2 is 1.56 bits per heavy atom. The number of ether oxygens (including phenoxy) is 2. The van der Waals surface area contributed by atoms with Crippen LogP contribution in [0.3, 0.4) is 0 Å². The molecule has 0 amide bonds. The molecule has 0 radical (unpaired) electrons. The Kier molecular flexibility index (Phi) is 8.34. The molecule has 0 spiro atoms. The van der Waals surface area contributed by atoms with Crippen LogP contribution in [0.15, 0.2) is 72.8 Å². The number of piperazine rings is 1. The summed E-state index contributed by atoms with van der Waals surface area (Å²) in [5.41, 5.74) is 5.45. The van der Waals surface area contributed by atoms with Crippen molar-refractivity contribution in [3.63, 3.8) is 0 Å². The van der Waals surface area contributed by atoms with Crippen LogP contribution >= 0.6 is 0 Å². The Labute approximate surface area is 230 Å². The summed E-state index contributed by atoms with van der Waals surface area (Å²) in [6.07, 6.45) is 4.43. The molecule has 0 aliphatic carbocycles. The van der Waals surface area contributed by atoms with Gasteiger partial charge in [0.1, 0.15) is 6.04 Å². The van der Waals surface area contributed by atoms with Crippen molar-refractivity contribution in [3.8, 4) is 17.2 Å². The summed E-state index contributed by atoms with van der Waals surface area (Å²) >= 11 is 0. The van der Waals surface area contributed by atoms with Gasteiger partial charge in [0.2, 0.25) is 0 Å². The van der Waals surface area contributed by atoms with Crippen molar-refractivity contribution in [3.05, 3.63) is 101 Å². The minimum absolute atomic E-state index is 0.217. The molecule has 5 rings (SSSR count). The summed E-state index contributed by atoms with van der Waals surface area (Å²) in [6, 6.07) is 22.5. The van der Waals surface area contributed by atoms with E-state index in [4.69, 9.17) is 9.47 Å². The first-order chi connectivity index (χ1) is 19.1. The number of rotatable bonds is 9. The molecule has 1 aliphatic heterocycles. The first kappa shape index (κ1) is 26.6. The van der Waals surface area contributed by atoms with Crippen LogP contribution < -0.4 is 9.47 Å². The van der Waals surface area contributed by atoms with Gasteiger partial charge in [0.25, 0.3) is 0 Å². The molecule has 0 N–H and O–H groups in total. The maximum absolute atomic E-state index is 5.90. The number of hydrogen-bond donors (Lipinski definition) is 0.